The number of terminal acetylenes is 1. The van der Waals surface area contributed by atoms with Gasteiger partial charge in [0.25, 0.3) is 0 Å². The molecular weight excluding hydrogens is 636 g/mol. The molecule has 0 saturated heterocycles. The lowest BCUT2D eigenvalue weighted by molar-refractivity contribution is -0.176. The Balaban J connectivity index is 0.901. The summed E-state index contributed by atoms with van der Waals surface area (Å²) in [6.07, 6.45) is 24.1. The van der Waals surface area contributed by atoms with E-state index in [4.69, 9.17) is 15.9 Å². The molecule has 0 spiro atoms. The Bertz CT molecular complexity index is 1580. The first kappa shape index (κ1) is 35.4. The van der Waals surface area contributed by atoms with Crippen LogP contribution in [-0.2, 0) is 28.7 Å². The van der Waals surface area contributed by atoms with Gasteiger partial charge in [-0.15, -0.1) is 6.42 Å². The number of rotatable bonds is 6. The predicted molar refractivity (Wildman–Crippen MR) is 195 cm³/mol. The second kappa shape index (κ2) is 13.0. The Kier molecular flexibility index (Phi) is 9.02. The van der Waals surface area contributed by atoms with Crippen molar-refractivity contribution in [1.29, 1.82) is 0 Å². The summed E-state index contributed by atoms with van der Waals surface area (Å²) in [6, 6.07) is 0. The molecule has 0 aromatic carbocycles. The summed E-state index contributed by atoms with van der Waals surface area (Å²) in [5.41, 5.74) is 1.52. The number of allylic oxidation sites excluding steroid dienone is 2. The minimum Gasteiger partial charge on any atom is -0.462 e. The van der Waals surface area contributed by atoms with E-state index in [0.717, 1.165) is 77.0 Å². The van der Waals surface area contributed by atoms with Gasteiger partial charge < -0.3 is 9.47 Å². The van der Waals surface area contributed by atoms with Gasteiger partial charge in [0.05, 0.1) is 12.8 Å². The van der Waals surface area contributed by atoms with E-state index in [-0.39, 0.29) is 47.5 Å². The van der Waals surface area contributed by atoms with Crippen LogP contribution in [0.5, 0.6) is 0 Å². The van der Waals surface area contributed by atoms with Gasteiger partial charge in [-0.3, -0.25) is 19.2 Å². The van der Waals surface area contributed by atoms with Crippen molar-refractivity contribution < 1.29 is 28.7 Å². The summed E-state index contributed by atoms with van der Waals surface area (Å²) in [5, 5.41) is 0. The highest BCUT2D eigenvalue weighted by Gasteiger charge is 2.66. The van der Waals surface area contributed by atoms with Crippen molar-refractivity contribution in [1.82, 2.24) is 0 Å². The number of hydrogen-bond acceptors (Lipinski definition) is 6. The van der Waals surface area contributed by atoms with Gasteiger partial charge in [-0.2, -0.15) is 0 Å². The van der Waals surface area contributed by atoms with Crippen molar-refractivity contribution in [2.45, 2.75) is 149 Å². The first-order valence-electron chi connectivity index (χ1n) is 20.8. The van der Waals surface area contributed by atoms with Crippen LogP contribution in [0.4, 0.5) is 0 Å². The lowest BCUT2D eigenvalue weighted by atomic mass is 9.47. The summed E-state index contributed by atoms with van der Waals surface area (Å²) in [6.45, 7) is 9.34. The molecule has 0 aliphatic heterocycles. The Labute approximate surface area is 305 Å². The molecule has 0 heterocycles. The average molecular weight is 697 g/mol. The van der Waals surface area contributed by atoms with Crippen molar-refractivity contribution in [3.63, 3.8) is 0 Å². The first-order chi connectivity index (χ1) is 24.4. The normalized spacial score (nSPS) is 46.8. The predicted octanol–water partition coefficient (Wildman–Crippen LogP) is 8.76. The lowest BCUT2D eigenvalue weighted by Gasteiger charge is -2.58. The molecular formula is C45H60O6. The lowest BCUT2D eigenvalue weighted by Crippen LogP contribution is -2.55. The number of esters is 2. The molecule has 6 nitrogen and oxygen atoms in total. The first-order valence-corrected chi connectivity index (χ1v) is 20.8. The Morgan fingerprint density at radius 3 is 2.27 bits per heavy atom. The van der Waals surface area contributed by atoms with E-state index in [1.807, 2.05) is 12.2 Å². The summed E-state index contributed by atoms with van der Waals surface area (Å²) >= 11 is 0. The minimum atomic E-state index is -0.935. The Morgan fingerprint density at radius 1 is 0.804 bits per heavy atom. The molecule has 0 aromatic heterocycles. The highest BCUT2D eigenvalue weighted by Crippen LogP contribution is 2.68. The SMILES string of the molecule is C#CC1(OC(=O)CCC(=O)OC2CCC3C4C(C)CC5=CC(=O)CCC5C4C(C)CC23C)CCC2C3CCC4=CC(=O)CCC4C3CCC21CC. The van der Waals surface area contributed by atoms with Crippen LogP contribution in [0.25, 0.3) is 0 Å². The second-order valence-corrected chi connectivity index (χ2v) is 18.9. The molecule has 0 N–H and O–H groups in total. The quantitative estimate of drug-likeness (QED) is 0.204. The average Bonchev–Trinajstić information content (AvgIpc) is 3.60. The number of fused-ring (bicyclic) bond motifs is 10. The van der Waals surface area contributed by atoms with E-state index in [9.17, 15) is 19.2 Å². The molecule has 0 bridgehead atoms. The molecule has 8 aliphatic rings. The molecule has 14 unspecified atom stereocenters. The summed E-state index contributed by atoms with van der Waals surface area (Å²) in [7, 11) is 0. The fourth-order valence-electron chi connectivity index (χ4n) is 15.1. The van der Waals surface area contributed by atoms with E-state index in [0.29, 0.717) is 84.2 Å². The highest BCUT2D eigenvalue weighted by atomic mass is 16.6. The van der Waals surface area contributed by atoms with Crippen LogP contribution in [0, 0.1) is 82.4 Å². The number of ketones is 2. The van der Waals surface area contributed by atoms with Gasteiger partial charge in [-0.1, -0.05) is 44.8 Å². The van der Waals surface area contributed by atoms with Gasteiger partial charge in [0.1, 0.15) is 6.10 Å². The summed E-state index contributed by atoms with van der Waals surface area (Å²) in [4.78, 5) is 51.5. The molecule has 0 amide bonds. The van der Waals surface area contributed by atoms with Crippen molar-refractivity contribution in [3.8, 4) is 12.3 Å². The zero-order chi connectivity index (χ0) is 35.9. The fraction of sp³-hybridized carbons (Fsp3) is 0.778. The van der Waals surface area contributed by atoms with E-state index >= 15 is 0 Å². The maximum atomic E-state index is 13.6. The van der Waals surface area contributed by atoms with E-state index < -0.39 is 5.60 Å². The van der Waals surface area contributed by atoms with Crippen LogP contribution in [0.3, 0.4) is 0 Å². The third kappa shape index (κ3) is 5.47. The van der Waals surface area contributed by atoms with Crippen LogP contribution in [0.2, 0.25) is 0 Å². The maximum Gasteiger partial charge on any atom is 0.307 e. The van der Waals surface area contributed by atoms with Crippen LogP contribution in [0.1, 0.15) is 137 Å². The van der Waals surface area contributed by atoms with Crippen molar-refractivity contribution >= 4 is 23.5 Å². The summed E-state index contributed by atoms with van der Waals surface area (Å²) < 4.78 is 12.7. The van der Waals surface area contributed by atoms with Gasteiger partial charge in [-0.05, 0) is 155 Å². The fourth-order valence-corrected chi connectivity index (χ4v) is 15.1. The largest absolute Gasteiger partial charge is 0.462 e. The molecule has 14 atom stereocenters. The number of ether oxygens (including phenoxy) is 2. The van der Waals surface area contributed by atoms with Gasteiger partial charge in [0.15, 0.2) is 17.2 Å². The second-order valence-electron chi connectivity index (χ2n) is 18.9. The van der Waals surface area contributed by atoms with E-state index in [1.165, 1.54) is 11.1 Å². The molecule has 51 heavy (non-hydrogen) atoms. The van der Waals surface area contributed by atoms with Crippen molar-refractivity contribution in [3.05, 3.63) is 23.3 Å². The van der Waals surface area contributed by atoms with Gasteiger partial charge in [-0.25, -0.2) is 0 Å². The molecule has 6 fully saturated rings. The van der Waals surface area contributed by atoms with Gasteiger partial charge in [0.2, 0.25) is 0 Å². The van der Waals surface area contributed by atoms with Crippen molar-refractivity contribution in [2.24, 2.45) is 70.0 Å². The topological polar surface area (TPSA) is 86.7 Å². The standard InChI is InChI=1S/C45H60O6/c1-6-44-20-18-34-32-12-9-30(46)23-28(32)8-11-35(34)36(44)19-21-45(44,7-2)51-40(49)17-16-39(48)50-38-15-14-37-42-26(3)22-29-24-31(47)10-13-33(29)41(42)27(4)25-43(37,38)5/h2,23-24,26-27,32-38,41-42H,6,8-22,25H2,1,3-5H3. The van der Waals surface area contributed by atoms with Gasteiger partial charge in [0, 0.05) is 23.7 Å². The molecule has 6 heteroatoms. The number of carbonyl (C=O) groups is 4. The highest BCUT2D eigenvalue weighted by molar-refractivity contribution is 5.91. The molecule has 8 rings (SSSR count). The van der Waals surface area contributed by atoms with Gasteiger partial charge >= 0.3 is 11.9 Å². The monoisotopic (exact) mass is 696 g/mol. The molecule has 0 radical (unpaired) electrons. The minimum absolute atomic E-state index is 0.0104. The van der Waals surface area contributed by atoms with E-state index in [2.05, 4.69) is 33.6 Å². The number of carbonyl (C=O) groups excluding carboxylic acids is 4. The van der Waals surface area contributed by atoms with Crippen LogP contribution < -0.4 is 0 Å². The molecule has 8 aliphatic carbocycles. The Hall–Kier alpha value is -2.68. The molecule has 6 saturated carbocycles. The van der Waals surface area contributed by atoms with Crippen molar-refractivity contribution in [2.75, 3.05) is 0 Å². The third-order valence-electron chi connectivity index (χ3n) is 16.9. The summed E-state index contributed by atoms with van der Waals surface area (Å²) in [5.74, 6) is 8.26. The maximum absolute atomic E-state index is 13.6. The van der Waals surface area contributed by atoms with Crippen LogP contribution >= 0.6 is 0 Å². The third-order valence-corrected chi connectivity index (χ3v) is 16.9. The molecule has 0 aromatic rings. The van der Waals surface area contributed by atoms with Crippen LogP contribution in [-0.4, -0.2) is 35.2 Å². The molecule has 276 valence electrons. The zero-order valence-electron chi connectivity index (χ0n) is 31.6. The number of hydrogen-bond donors (Lipinski definition) is 0. The Morgan fingerprint density at radius 2 is 1.53 bits per heavy atom. The van der Waals surface area contributed by atoms with Crippen LogP contribution in [0.15, 0.2) is 23.3 Å². The zero-order valence-corrected chi connectivity index (χ0v) is 31.6. The smallest absolute Gasteiger partial charge is 0.307 e. The van der Waals surface area contributed by atoms with E-state index in [1.54, 1.807) is 0 Å².